The van der Waals surface area contributed by atoms with Crippen LogP contribution in [0.2, 0.25) is 0 Å². The predicted molar refractivity (Wildman–Crippen MR) is 88.9 cm³/mol. The van der Waals surface area contributed by atoms with Gasteiger partial charge < -0.3 is 15.7 Å². The van der Waals surface area contributed by atoms with Crippen LogP contribution in [0.3, 0.4) is 0 Å². The Balaban J connectivity index is 2.41. The highest BCUT2D eigenvalue weighted by atomic mass is 79.9. The molecule has 5 nitrogen and oxygen atoms in total. The molecule has 0 aliphatic carbocycles. The number of benzene rings is 1. The van der Waals surface area contributed by atoms with Gasteiger partial charge >= 0.3 is 0 Å². The Morgan fingerprint density at radius 3 is 2.81 bits per heavy atom. The van der Waals surface area contributed by atoms with Crippen LogP contribution >= 0.6 is 15.9 Å². The van der Waals surface area contributed by atoms with Crippen LogP contribution in [0.5, 0.6) is 5.75 Å². The third-order valence-electron chi connectivity index (χ3n) is 2.91. The molecule has 0 bridgehead atoms. The number of halogens is 1. The molecule has 6 heteroatoms. The van der Waals surface area contributed by atoms with Crippen LogP contribution in [-0.2, 0) is 0 Å². The van der Waals surface area contributed by atoms with E-state index in [1.54, 1.807) is 0 Å². The molecule has 0 unspecified atom stereocenters. The van der Waals surface area contributed by atoms with Gasteiger partial charge in [0.05, 0.1) is 0 Å². The number of amidine groups is 1. The van der Waals surface area contributed by atoms with Crippen LogP contribution in [0.15, 0.2) is 33.9 Å². The average Bonchev–Trinajstić information content (AvgIpc) is 2.43. The van der Waals surface area contributed by atoms with Crippen molar-refractivity contribution in [1.29, 1.82) is 0 Å². The van der Waals surface area contributed by atoms with Crippen LogP contribution in [0.1, 0.15) is 20.3 Å². The van der Waals surface area contributed by atoms with E-state index in [2.05, 4.69) is 39.8 Å². The summed E-state index contributed by atoms with van der Waals surface area (Å²) >= 11 is 3.42. The normalized spacial score (nSPS) is 12.1. The Morgan fingerprint density at radius 1 is 1.43 bits per heavy atom. The lowest BCUT2D eigenvalue weighted by molar-refractivity contribution is 0.196. The number of oxime groups is 1. The van der Waals surface area contributed by atoms with Crippen molar-refractivity contribution in [2.75, 3.05) is 26.2 Å². The Hall–Kier alpha value is -1.27. The number of ether oxygens (including phenoxy) is 1. The topological polar surface area (TPSA) is 71.1 Å². The molecule has 0 aliphatic heterocycles. The zero-order valence-corrected chi connectivity index (χ0v) is 14.2. The molecule has 21 heavy (non-hydrogen) atoms. The molecule has 1 aromatic rings. The van der Waals surface area contributed by atoms with E-state index in [0.717, 1.165) is 29.9 Å². The van der Waals surface area contributed by atoms with Gasteiger partial charge in [0, 0.05) is 30.5 Å². The molecular weight excluding hydrogens is 334 g/mol. The van der Waals surface area contributed by atoms with Gasteiger partial charge in [-0.25, -0.2) is 0 Å². The van der Waals surface area contributed by atoms with E-state index in [1.165, 1.54) is 0 Å². The number of hydrogen-bond acceptors (Lipinski definition) is 4. The van der Waals surface area contributed by atoms with Crippen molar-refractivity contribution in [3.63, 3.8) is 0 Å². The summed E-state index contributed by atoms with van der Waals surface area (Å²) in [6.07, 6.45) is 0.556. The van der Waals surface area contributed by atoms with Gasteiger partial charge in [-0.05, 0) is 24.1 Å². The van der Waals surface area contributed by atoms with Crippen molar-refractivity contribution >= 4 is 21.8 Å². The molecule has 0 heterocycles. The van der Waals surface area contributed by atoms with Crippen molar-refractivity contribution in [3.05, 3.63) is 28.7 Å². The Morgan fingerprint density at radius 2 is 2.19 bits per heavy atom. The SMILES string of the molecule is CC(C)CN(CCOc1cccc(Br)c1)CCC(N)=NO. The molecule has 118 valence electrons. The highest BCUT2D eigenvalue weighted by molar-refractivity contribution is 9.10. The molecule has 0 amide bonds. The Kier molecular flexibility index (Phi) is 8.15. The van der Waals surface area contributed by atoms with Crippen molar-refractivity contribution in [3.8, 4) is 5.75 Å². The number of nitrogens with two attached hydrogens (primary N) is 1. The maximum Gasteiger partial charge on any atom is 0.140 e. The summed E-state index contributed by atoms with van der Waals surface area (Å²) < 4.78 is 6.76. The third-order valence-corrected chi connectivity index (χ3v) is 3.40. The van der Waals surface area contributed by atoms with Crippen LogP contribution in [0, 0.1) is 5.92 Å². The lowest BCUT2D eigenvalue weighted by Crippen LogP contribution is -2.34. The molecule has 0 fully saturated rings. The van der Waals surface area contributed by atoms with E-state index in [4.69, 9.17) is 15.7 Å². The summed E-state index contributed by atoms with van der Waals surface area (Å²) in [7, 11) is 0. The minimum absolute atomic E-state index is 0.261. The molecular formula is C15H24BrN3O2. The minimum atomic E-state index is 0.261. The van der Waals surface area contributed by atoms with Gasteiger partial charge in [-0.15, -0.1) is 0 Å². The molecule has 1 rings (SSSR count). The Bertz CT molecular complexity index is 452. The van der Waals surface area contributed by atoms with Crippen molar-refractivity contribution < 1.29 is 9.94 Å². The molecule has 0 saturated carbocycles. The summed E-state index contributed by atoms with van der Waals surface area (Å²) in [5.74, 6) is 1.67. The van der Waals surface area contributed by atoms with E-state index in [1.807, 2.05) is 24.3 Å². The largest absolute Gasteiger partial charge is 0.492 e. The van der Waals surface area contributed by atoms with Crippen LogP contribution < -0.4 is 10.5 Å². The molecule has 0 aromatic heterocycles. The molecule has 0 aliphatic rings. The second-order valence-electron chi connectivity index (χ2n) is 5.34. The van der Waals surface area contributed by atoms with Gasteiger partial charge in [-0.1, -0.05) is 41.0 Å². The lowest BCUT2D eigenvalue weighted by Gasteiger charge is -2.24. The van der Waals surface area contributed by atoms with E-state index in [0.29, 0.717) is 18.9 Å². The summed E-state index contributed by atoms with van der Waals surface area (Å²) in [5, 5.41) is 11.6. The van der Waals surface area contributed by atoms with E-state index < -0.39 is 0 Å². The summed E-state index contributed by atoms with van der Waals surface area (Å²) in [4.78, 5) is 2.26. The smallest absolute Gasteiger partial charge is 0.140 e. The predicted octanol–water partition coefficient (Wildman–Crippen LogP) is 2.92. The highest BCUT2D eigenvalue weighted by Crippen LogP contribution is 2.17. The molecule has 0 saturated heterocycles. The summed E-state index contributed by atoms with van der Waals surface area (Å²) in [5.41, 5.74) is 5.53. The first kappa shape index (κ1) is 17.8. The van der Waals surface area contributed by atoms with Crippen LogP contribution in [0.25, 0.3) is 0 Å². The molecule has 0 atom stereocenters. The maximum absolute atomic E-state index is 8.60. The van der Waals surface area contributed by atoms with Gasteiger partial charge in [0.1, 0.15) is 18.2 Å². The number of hydrogen-bond donors (Lipinski definition) is 2. The van der Waals surface area contributed by atoms with Crippen molar-refractivity contribution in [1.82, 2.24) is 4.90 Å². The third kappa shape index (κ3) is 7.92. The second kappa shape index (κ2) is 9.63. The second-order valence-corrected chi connectivity index (χ2v) is 6.26. The molecule has 3 N–H and O–H groups in total. The van der Waals surface area contributed by atoms with Gasteiger partial charge in [0.2, 0.25) is 0 Å². The van der Waals surface area contributed by atoms with Crippen molar-refractivity contribution in [2.24, 2.45) is 16.8 Å². The zero-order valence-electron chi connectivity index (χ0n) is 12.6. The summed E-state index contributed by atoms with van der Waals surface area (Å²) in [6, 6.07) is 7.80. The van der Waals surface area contributed by atoms with E-state index >= 15 is 0 Å². The lowest BCUT2D eigenvalue weighted by atomic mass is 10.2. The molecule has 1 aromatic carbocycles. The fourth-order valence-electron chi connectivity index (χ4n) is 1.98. The summed E-state index contributed by atoms with van der Waals surface area (Å²) in [6.45, 7) is 7.48. The average molecular weight is 358 g/mol. The fraction of sp³-hybridized carbons (Fsp3) is 0.533. The standard InChI is InChI=1S/C15H24BrN3O2/c1-12(2)11-19(7-6-15(17)18-20)8-9-21-14-5-3-4-13(16)10-14/h3-5,10,12,20H,6-9,11H2,1-2H3,(H2,17,18). The molecule has 0 radical (unpaired) electrons. The zero-order chi connectivity index (χ0) is 15.7. The minimum Gasteiger partial charge on any atom is -0.492 e. The van der Waals surface area contributed by atoms with Gasteiger partial charge in [0.15, 0.2) is 0 Å². The van der Waals surface area contributed by atoms with E-state index in [9.17, 15) is 0 Å². The molecule has 0 spiro atoms. The first-order chi connectivity index (χ1) is 10.0. The van der Waals surface area contributed by atoms with E-state index in [-0.39, 0.29) is 5.84 Å². The van der Waals surface area contributed by atoms with Gasteiger partial charge in [-0.2, -0.15) is 0 Å². The van der Waals surface area contributed by atoms with Crippen LogP contribution in [0.4, 0.5) is 0 Å². The van der Waals surface area contributed by atoms with Gasteiger partial charge in [0.25, 0.3) is 0 Å². The van der Waals surface area contributed by atoms with Crippen LogP contribution in [-0.4, -0.2) is 42.2 Å². The number of rotatable bonds is 9. The van der Waals surface area contributed by atoms with Crippen molar-refractivity contribution in [2.45, 2.75) is 20.3 Å². The highest BCUT2D eigenvalue weighted by Gasteiger charge is 2.09. The monoisotopic (exact) mass is 357 g/mol. The number of nitrogens with zero attached hydrogens (tertiary/aromatic N) is 2. The fourth-order valence-corrected chi connectivity index (χ4v) is 2.36. The first-order valence-electron chi connectivity index (χ1n) is 7.08. The first-order valence-corrected chi connectivity index (χ1v) is 7.87. The van der Waals surface area contributed by atoms with Gasteiger partial charge in [-0.3, -0.25) is 4.90 Å². The quantitative estimate of drug-likeness (QED) is 0.308. The Labute approximate surface area is 134 Å². The maximum atomic E-state index is 8.60.